The van der Waals surface area contributed by atoms with Gasteiger partial charge in [-0.15, -0.1) is 0 Å². The standard InChI is InChI=1S/C22H26N2O5S/c1-16-9-11-18(12-10-16)30(28,29)24(2)22(13-6-14-22)21(27)23-19(20(25)26)15-17-7-4-3-5-8-17/h3-5,7-12,19H,6,13-15H2,1-2H3,(H,23,27)(H,25,26)/t19-/m0/s1. The van der Waals surface area contributed by atoms with E-state index in [9.17, 15) is 23.1 Å². The molecule has 0 unspecified atom stereocenters. The number of carboxylic acids is 1. The van der Waals surface area contributed by atoms with Crippen molar-refractivity contribution < 1.29 is 23.1 Å². The molecule has 0 aliphatic heterocycles. The van der Waals surface area contributed by atoms with E-state index >= 15 is 0 Å². The van der Waals surface area contributed by atoms with Crippen molar-refractivity contribution in [3.63, 3.8) is 0 Å². The summed E-state index contributed by atoms with van der Waals surface area (Å²) in [4.78, 5) is 25.0. The molecular weight excluding hydrogens is 404 g/mol. The van der Waals surface area contributed by atoms with Crippen LogP contribution in [0.3, 0.4) is 0 Å². The number of sulfonamides is 1. The molecule has 0 radical (unpaired) electrons. The van der Waals surface area contributed by atoms with E-state index < -0.39 is 33.5 Å². The van der Waals surface area contributed by atoms with Gasteiger partial charge in [-0.2, -0.15) is 4.31 Å². The number of carbonyl (C=O) groups excluding carboxylic acids is 1. The van der Waals surface area contributed by atoms with Crippen LogP contribution in [0.1, 0.15) is 30.4 Å². The molecule has 2 aromatic carbocycles. The summed E-state index contributed by atoms with van der Waals surface area (Å²) >= 11 is 0. The van der Waals surface area contributed by atoms with Crippen molar-refractivity contribution in [1.29, 1.82) is 0 Å². The first-order valence-electron chi connectivity index (χ1n) is 9.80. The lowest BCUT2D eigenvalue weighted by atomic mass is 9.76. The lowest BCUT2D eigenvalue weighted by Gasteiger charge is -2.46. The molecule has 0 heterocycles. The Hall–Kier alpha value is -2.71. The summed E-state index contributed by atoms with van der Waals surface area (Å²) in [6, 6.07) is 14.3. The third-order valence-electron chi connectivity index (χ3n) is 5.77. The maximum Gasteiger partial charge on any atom is 0.326 e. The van der Waals surface area contributed by atoms with Gasteiger partial charge in [-0.05, 0) is 43.9 Å². The van der Waals surface area contributed by atoms with Gasteiger partial charge in [0.05, 0.1) is 4.90 Å². The van der Waals surface area contributed by atoms with E-state index in [4.69, 9.17) is 0 Å². The second-order valence-electron chi connectivity index (χ2n) is 7.72. The van der Waals surface area contributed by atoms with Crippen LogP contribution in [0.5, 0.6) is 0 Å². The van der Waals surface area contributed by atoms with Crippen molar-refractivity contribution in [2.45, 2.75) is 49.1 Å². The molecule has 1 saturated carbocycles. The van der Waals surface area contributed by atoms with Crippen LogP contribution < -0.4 is 5.32 Å². The van der Waals surface area contributed by atoms with Gasteiger partial charge in [0.2, 0.25) is 15.9 Å². The van der Waals surface area contributed by atoms with Crippen LogP contribution in [-0.2, 0) is 26.0 Å². The van der Waals surface area contributed by atoms with Gasteiger partial charge >= 0.3 is 5.97 Å². The summed E-state index contributed by atoms with van der Waals surface area (Å²) in [6.45, 7) is 1.86. The summed E-state index contributed by atoms with van der Waals surface area (Å²) in [5.74, 6) is -1.74. The molecule has 1 fully saturated rings. The summed E-state index contributed by atoms with van der Waals surface area (Å²) < 4.78 is 27.4. The predicted molar refractivity (Wildman–Crippen MR) is 112 cm³/mol. The molecule has 0 spiro atoms. The third-order valence-corrected chi connectivity index (χ3v) is 7.71. The van der Waals surface area contributed by atoms with Crippen LogP contribution in [-0.4, -0.2) is 48.3 Å². The number of nitrogens with zero attached hydrogens (tertiary/aromatic N) is 1. The molecule has 30 heavy (non-hydrogen) atoms. The fraction of sp³-hybridized carbons (Fsp3) is 0.364. The first-order chi connectivity index (χ1) is 14.2. The molecule has 2 N–H and O–H groups in total. The van der Waals surface area contributed by atoms with Crippen molar-refractivity contribution in [2.75, 3.05) is 7.05 Å². The quantitative estimate of drug-likeness (QED) is 0.669. The smallest absolute Gasteiger partial charge is 0.326 e. The largest absolute Gasteiger partial charge is 0.480 e. The van der Waals surface area contributed by atoms with Crippen molar-refractivity contribution in [1.82, 2.24) is 9.62 Å². The molecule has 8 heteroatoms. The van der Waals surface area contributed by atoms with E-state index in [1.807, 2.05) is 13.0 Å². The molecule has 2 aromatic rings. The van der Waals surface area contributed by atoms with Crippen molar-refractivity contribution in [2.24, 2.45) is 0 Å². The Morgan fingerprint density at radius 3 is 2.20 bits per heavy atom. The third kappa shape index (κ3) is 4.24. The van der Waals surface area contributed by atoms with Gasteiger partial charge in [-0.1, -0.05) is 48.0 Å². The SMILES string of the molecule is Cc1ccc(S(=O)(=O)N(C)C2(C(=O)N[C@@H](Cc3ccccc3)C(=O)O)CCC2)cc1. The van der Waals surface area contributed by atoms with Gasteiger partial charge in [0, 0.05) is 13.5 Å². The molecule has 1 atom stereocenters. The Morgan fingerprint density at radius 2 is 1.70 bits per heavy atom. The molecular formula is C22H26N2O5S. The number of benzene rings is 2. The highest BCUT2D eigenvalue weighted by Gasteiger charge is 2.52. The fourth-order valence-electron chi connectivity index (χ4n) is 3.64. The maximum atomic E-state index is 13.1. The highest BCUT2D eigenvalue weighted by Crippen LogP contribution is 2.40. The number of aryl methyl sites for hydroxylation is 1. The van der Waals surface area contributed by atoms with E-state index in [2.05, 4.69) is 5.32 Å². The lowest BCUT2D eigenvalue weighted by molar-refractivity contribution is -0.145. The molecule has 0 saturated heterocycles. The normalized spacial score (nSPS) is 16.5. The van der Waals surface area contributed by atoms with Crippen LogP contribution in [0.25, 0.3) is 0 Å². The molecule has 0 aromatic heterocycles. The van der Waals surface area contributed by atoms with Gasteiger partial charge in [0.1, 0.15) is 11.6 Å². The summed E-state index contributed by atoms with van der Waals surface area (Å²) in [5.41, 5.74) is 0.417. The van der Waals surface area contributed by atoms with E-state index in [1.54, 1.807) is 36.4 Å². The number of hydrogen-bond donors (Lipinski definition) is 2. The van der Waals surface area contributed by atoms with Gasteiger partial charge in [0.25, 0.3) is 0 Å². The Labute approximate surface area is 176 Å². The van der Waals surface area contributed by atoms with E-state index in [0.717, 1.165) is 15.4 Å². The Morgan fingerprint density at radius 1 is 1.10 bits per heavy atom. The molecule has 7 nitrogen and oxygen atoms in total. The summed E-state index contributed by atoms with van der Waals surface area (Å²) in [7, 11) is -2.52. The second kappa shape index (κ2) is 8.57. The number of carboxylic acid groups (broad SMARTS) is 1. The van der Waals surface area contributed by atoms with Crippen molar-refractivity contribution >= 4 is 21.9 Å². The fourth-order valence-corrected chi connectivity index (χ4v) is 5.16. The molecule has 160 valence electrons. The minimum Gasteiger partial charge on any atom is -0.480 e. The number of likely N-dealkylation sites (N-methyl/N-ethyl adjacent to an activating group) is 1. The van der Waals surface area contributed by atoms with Crippen LogP contribution >= 0.6 is 0 Å². The van der Waals surface area contributed by atoms with E-state index in [0.29, 0.717) is 19.3 Å². The van der Waals surface area contributed by atoms with Gasteiger partial charge in [0.15, 0.2) is 0 Å². The average molecular weight is 431 g/mol. The number of rotatable bonds is 8. The minimum absolute atomic E-state index is 0.105. The molecule has 1 aliphatic carbocycles. The molecule has 0 bridgehead atoms. The van der Waals surface area contributed by atoms with Crippen LogP contribution in [0.15, 0.2) is 59.5 Å². The Kier molecular flexibility index (Phi) is 6.28. The molecule has 3 rings (SSSR count). The highest BCUT2D eigenvalue weighted by atomic mass is 32.2. The molecule has 1 aliphatic rings. The Bertz CT molecular complexity index is 1020. The monoisotopic (exact) mass is 430 g/mol. The van der Waals surface area contributed by atoms with Gasteiger partial charge in [-0.25, -0.2) is 13.2 Å². The topological polar surface area (TPSA) is 104 Å². The second-order valence-corrected chi connectivity index (χ2v) is 9.69. The van der Waals surface area contributed by atoms with Crippen LogP contribution in [0.4, 0.5) is 0 Å². The number of aliphatic carboxylic acids is 1. The first kappa shape index (κ1) is 22.0. The average Bonchev–Trinajstić information content (AvgIpc) is 2.67. The number of hydrogen-bond acceptors (Lipinski definition) is 4. The number of amides is 1. The zero-order chi connectivity index (χ0) is 21.9. The van der Waals surface area contributed by atoms with Crippen molar-refractivity contribution in [3.05, 3.63) is 65.7 Å². The van der Waals surface area contributed by atoms with Gasteiger partial charge < -0.3 is 10.4 Å². The maximum absolute atomic E-state index is 13.1. The van der Waals surface area contributed by atoms with Crippen LogP contribution in [0.2, 0.25) is 0 Å². The zero-order valence-electron chi connectivity index (χ0n) is 17.0. The lowest BCUT2D eigenvalue weighted by Crippen LogP contribution is -2.65. The van der Waals surface area contributed by atoms with E-state index in [-0.39, 0.29) is 11.3 Å². The van der Waals surface area contributed by atoms with E-state index in [1.165, 1.54) is 19.2 Å². The minimum atomic E-state index is -3.91. The number of nitrogens with one attached hydrogen (secondary N) is 1. The van der Waals surface area contributed by atoms with Crippen LogP contribution in [0, 0.1) is 6.92 Å². The predicted octanol–water partition coefficient (Wildman–Crippen LogP) is 2.35. The Balaban J connectivity index is 1.83. The first-order valence-corrected chi connectivity index (χ1v) is 11.2. The zero-order valence-corrected chi connectivity index (χ0v) is 17.9. The summed E-state index contributed by atoms with van der Waals surface area (Å²) in [6.07, 6.45) is 1.50. The summed E-state index contributed by atoms with van der Waals surface area (Å²) in [5, 5.41) is 12.2. The van der Waals surface area contributed by atoms with Crippen molar-refractivity contribution in [3.8, 4) is 0 Å². The highest BCUT2D eigenvalue weighted by molar-refractivity contribution is 7.89. The van der Waals surface area contributed by atoms with Gasteiger partial charge in [-0.3, -0.25) is 4.79 Å². The molecule has 1 amide bonds. The number of carbonyl (C=O) groups is 2.